The van der Waals surface area contributed by atoms with E-state index in [1.807, 2.05) is 0 Å². The van der Waals surface area contributed by atoms with Crippen molar-refractivity contribution in [1.82, 2.24) is 31.9 Å². The van der Waals surface area contributed by atoms with Crippen molar-refractivity contribution in [3.05, 3.63) is 0 Å². The van der Waals surface area contributed by atoms with E-state index in [-0.39, 0.29) is 116 Å². The number of carboxylic acids is 3. The van der Waals surface area contributed by atoms with E-state index in [2.05, 4.69) is 31.9 Å². The van der Waals surface area contributed by atoms with Gasteiger partial charge in [0.15, 0.2) is 0 Å². The summed E-state index contributed by atoms with van der Waals surface area (Å²) in [7, 11) is 0. The summed E-state index contributed by atoms with van der Waals surface area (Å²) in [6, 6.07) is -4.62. The second-order valence-corrected chi connectivity index (χ2v) is 18.4. The Bertz CT molecular complexity index is 1640. The van der Waals surface area contributed by atoms with E-state index in [9.17, 15) is 63.3 Å². The smallest absolute Gasteiger partial charge is 0.326 e. The maximum atomic E-state index is 12.4. The van der Waals surface area contributed by atoms with Crippen LogP contribution in [0.25, 0.3) is 0 Å². The largest absolute Gasteiger partial charge is 0.480 e. The zero-order chi connectivity index (χ0) is 56.4. The lowest BCUT2D eigenvalue weighted by molar-refractivity contribution is -0.144. The predicted molar refractivity (Wildman–Crippen MR) is 278 cm³/mol. The molecular weight excluding hydrogens is 999 g/mol. The molecule has 25 nitrogen and oxygen atoms in total. The van der Waals surface area contributed by atoms with Crippen molar-refractivity contribution in [1.29, 1.82) is 0 Å². The Morgan fingerprint density at radius 2 is 0.737 bits per heavy atom. The van der Waals surface area contributed by atoms with Crippen LogP contribution in [0.1, 0.15) is 161 Å². The van der Waals surface area contributed by atoms with Gasteiger partial charge in [0.05, 0.1) is 45.7 Å². The Hall–Kier alpha value is -5.34. The average Bonchev–Trinajstić information content (AvgIpc) is 3.38. The van der Waals surface area contributed by atoms with Crippen molar-refractivity contribution in [2.75, 3.05) is 79.1 Å². The summed E-state index contributed by atoms with van der Waals surface area (Å²) in [5.41, 5.74) is 5.51. The monoisotopic (exact) mass is 1090 g/mol. The van der Waals surface area contributed by atoms with Crippen molar-refractivity contribution in [3.63, 3.8) is 0 Å². The number of carboxylic acid groups (broad SMARTS) is 3. The SMILES string of the molecule is N[C@H](C=O)CCCCNC(=O)CC[C@H](NC(=O)CCC(NC(=O)COCCOCCNC(=O)COCCOCCNC(=O)CC[C@H](NC(=O)CCCCCCCCCCCCCCCCCO)C(=O)O)C(=O)O)C(=O)O. The zero-order valence-electron chi connectivity index (χ0n) is 44.6. The number of unbranched alkanes of at least 4 members (excludes halogenated alkanes) is 15. The molecule has 0 fully saturated rings. The van der Waals surface area contributed by atoms with Crippen LogP contribution < -0.4 is 37.6 Å². The van der Waals surface area contributed by atoms with Crippen molar-refractivity contribution in [2.24, 2.45) is 5.73 Å². The maximum absolute atomic E-state index is 12.4. The van der Waals surface area contributed by atoms with E-state index in [0.717, 1.165) is 32.1 Å². The molecule has 0 aromatic rings. The molecule has 76 heavy (non-hydrogen) atoms. The summed E-state index contributed by atoms with van der Waals surface area (Å²) >= 11 is 0. The normalized spacial score (nSPS) is 12.6. The molecule has 0 rings (SSSR count). The van der Waals surface area contributed by atoms with Crippen molar-refractivity contribution < 1.29 is 87.3 Å². The lowest BCUT2D eigenvalue weighted by atomic mass is 10.0. The molecule has 0 saturated carbocycles. The third kappa shape index (κ3) is 44.9. The highest BCUT2D eigenvalue weighted by molar-refractivity contribution is 5.87. The molecule has 0 spiro atoms. The summed E-state index contributed by atoms with van der Waals surface area (Å²) in [6.07, 6.45) is 18.1. The van der Waals surface area contributed by atoms with Crippen molar-refractivity contribution >= 4 is 59.6 Å². The van der Waals surface area contributed by atoms with Gasteiger partial charge >= 0.3 is 17.9 Å². The molecule has 438 valence electrons. The minimum atomic E-state index is -1.48. The van der Waals surface area contributed by atoms with Gasteiger partial charge in [0, 0.05) is 51.9 Å². The minimum Gasteiger partial charge on any atom is -0.480 e. The Kier molecular flexibility index (Phi) is 45.8. The molecule has 6 amide bonds. The summed E-state index contributed by atoms with van der Waals surface area (Å²) in [6.45, 7) is 0.642. The van der Waals surface area contributed by atoms with Crippen LogP contribution in [0.15, 0.2) is 0 Å². The van der Waals surface area contributed by atoms with Gasteiger partial charge in [-0.05, 0) is 51.4 Å². The van der Waals surface area contributed by atoms with Gasteiger partial charge in [0.25, 0.3) is 0 Å². The van der Waals surface area contributed by atoms with Gasteiger partial charge in [-0.15, -0.1) is 0 Å². The molecule has 25 heteroatoms. The average molecular weight is 1090 g/mol. The van der Waals surface area contributed by atoms with Crippen LogP contribution in [0.4, 0.5) is 0 Å². The van der Waals surface area contributed by atoms with Crippen LogP contribution >= 0.6 is 0 Å². The van der Waals surface area contributed by atoms with Gasteiger partial charge in [0.2, 0.25) is 35.4 Å². The fourth-order valence-corrected chi connectivity index (χ4v) is 7.39. The van der Waals surface area contributed by atoms with E-state index in [1.165, 1.54) is 57.8 Å². The number of rotatable bonds is 54. The van der Waals surface area contributed by atoms with Crippen LogP contribution in [-0.2, 0) is 66.9 Å². The highest BCUT2D eigenvalue weighted by atomic mass is 16.5. The number of nitrogens with one attached hydrogen (secondary N) is 6. The quantitative estimate of drug-likeness (QED) is 0.0303. The summed E-state index contributed by atoms with van der Waals surface area (Å²) < 4.78 is 21.2. The van der Waals surface area contributed by atoms with Gasteiger partial charge in [-0.25, -0.2) is 14.4 Å². The number of hydrogen-bond donors (Lipinski definition) is 11. The number of hydrogen-bond acceptors (Lipinski definition) is 16. The topological polar surface area (TPSA) is 387 Å². The summed E-state index contributed by atoms with van der Waals surface area (Å²) in [4.78, 5) is 119. The molecule has 0 heterocycles. The second kappa shape index (κ2) is 49.2. The molecule has 0 saturated heterocycles. The number of aliphatic hydroxyl groups is 1. The van der Waals surface area contributed by atoms with E-state index < -0.39 is 78.7 Å². The van der Waals surface area contributed by atoms with Crippen molar-refractivity contribution in [3.8, 4) is 0 Å². The van der Waals surface area contributed by atoms with Gasteiger partial charge in [-0.3, -0.25) is 28.8 Å². The van der Waals surface area contributed by atoms with E-state index in [1.54, 1.807) is 0 Å². The second-order valence-electron chi connectivity index (χ2n) is 18.4. The zero-order valence-corrected chi connectivity index (χ0v) is 44.6. The number of aliphatic carboxylic acids is 3. The number of nitrogens with two attached hydrogens (primary N) is 1. The van der Waals surface area contributed by atoms with Crippen LogP contribution in [0, 0.1) is 0 Å². The molecular formula is C51H91N7O18. The molecule has 0 aromatic carbocycles. The Labute approximate surface area is 447 Å². The number of carbonyl (C=O) groups excluding carboxylic acids is 7. The number of aldehydes is 1. The number of carbonyl (C=O) groups is 10. The first-order chi connectivity index (χ1) is 36.6. The molecule has 0 aromatic heterocycles. The first kappa shape index (κ1) is 70.7. The van der Waals surface area contributed by atoms with Gasteiger partial charge in [-0.1, -0.05) is 83.5 Å². The van der Waals surface area contributed by atoms with Gasteiger partial charge in [0.1, 0.15) is 37.6 Å². The first-order valence-corrected chi connectivity index (χ1v) is 27.1. The molecule has 4 atom stereocenters. The lowest BCUT2D eigenvalue weighted by Crippen LogP contribution is -2.45. The molecule has 0 bridgehead atoms. The third-order valence-corrected chi connectivity index (χ3v) is 11.8. The van der Waals surface area contributed by atoms with Gasteiger partial charge in [-0.2, -0.15) is 0 Å². The minimum absolute atomic E-state index is 0.0408. The van der Waals surface area contributed by atoms with Crippen LogP contribution in [0.5, 0.6) is 0 Å². The summed E-state index contributed by atoms with van der Waals surface area (Å²) in [5.74, 6) is -7.17. The van der Waals surface area contributed by atoms with Crippen LogP contribution in [-0.4, -0.2) is 183 Å². The Balaban J connectivity index is 3.95. The van der Waals surface area contributed by atoms with E-state index >= 15 is 0 Å². The number of amides is 6. The Morgan fingerprint density at radius 3 is 1.17 bits per heavy atom. The molecule has 0 radical (unpaired) electrons. The molecule has 12 N–H and O–H groups in total. The molecule has 0 aliphatic rings. The highest BCUT2D eigenvalue weighted by Crippen LogP contribution is 2.14. The maximum Gasteiger partial charge on any atom is 0.326 e. The lowest BCUT2D eigenvalue weighted by Gasteiger charge is -2.17. The van der Waals surface area contributed by atoms with Gasteiger partial charge < -0.3 is 81.8 Å². The standard InChI is InChI=1S/C51H91N7O18/c52-39(36-60)18-15-16-26-53-43(61)23-20-41(50(69)70)57-46(64)25-22-42(51(71)72)58-48(66)38-76-35-33-74-31-28-55-47(65)37-75-34-32-73-30-27-54-44(62)24-21-40(49(67)68)56-45(63)19-14-12-10-8-6-4-2-1-3-5-7-9-11-13-17-29-59/h36,39-42,59H,1-35,37-38,52H2,(H,53,61)(H,54,62)(H,55,65)(H,56,63)(H,57,64)(H,58,66)(H,67,68)(H,69,70)(H,71,72)/t39-,40-,41-,42?/m0/s1. The predicted octanol–water partition coefficient (Wildman–Crippen LogP) is 1.38. The summed E-state index contributed by atoms with van der Waals surface area (Å²) in [5, 5.41) is 52.2. The van der Waals surface area contributed by atoms with E-state index in [0.29, 0.717) is 38.5 Å². The molecule has 1 unspecified atom stereocenters. The number of aliphatic hydroxyl groups excluding tert-OH is 1. The Morgan fingerprint density at radius 1 is 0.382 bits per heavy atom. The van der Waals surface area contributed by atoms with Crippen LogP contribution in [0.3, 0.4) is 0 Å². The fraction of sp³-hybridized carbons (Fsp3) is 0.804. The molecule has 0 aliphatic carbocycles. The van der Waals surface area contributed by atoms with E-state index in [4.69, 9.17) is 29.8 Å². The fourth-order valence-electron chi connectivity index (χ4n) is 7.39. The first-order valence-electron chi connectivity index (χ1n) is 27.1. The highest BCUT2D eigenvalue weighted by Gasteiger charge is 2.25. The number of ether oxygens (including phenoxy) is 4. The van der Waals surface area contributed by atoms with Crippen molar-refractivity contribution in [2.45, 2.75) is 185 Å². The molecule has 0 aliphatic heterocycles. The third-order valence-electron chi connectivity index (χ3n) is 11.8. The van der Waals surface area contributed by atoms with Crippen LogP contribution in [0.2, 0.25) is 0 Å².